The summed E-state index contributed by atoms with van der Waals surface area (Å²) in [6, 6.07) is 85.4. The Hall–Kier alpha value is -8.98. The molecule has 2 aliphatic rings. The molecule has 0 saturated carbocycles. The van der Waals surface area contributed by atoms with Crippen LogP contribution in [0.15, 0.2) is 239 Å². The highest BCUT2D eigenvalue weighted by atomic mass is 16.3. The molecule has 2 heteroatoms. The van der Waals surface area contributed by atoms with E-state index in [0.717, 1.165) is 66.1 Å². The third kappa shape index (κ3) is 4.84. The predicted octanol–water partition coefficient (Wildman–Crippen LogP) is 18.3. The highest BCUT2D eigenvalue weighted by molar-refractivity contribution is 6.22. The maximum Gasteiger partial charge on any atom is 0.136 e. The summed E-state index contributed by atoms with van der Waals surface area (Å²) in [5.74, 6) is 0. The van der Waals surface area contributed by atoms with Gasteiger partial charge in [-0.2, -0.15) is 0 Å². The first-order valence-electron chi connectivity index (χ1n) is 23.9. The molecule has 16 rings (SSSR count). The first kappa shape index (κ1) is 37.1. The molecule has 0 saturated heterocycles. The molecular formula is C67H38O2. The van der Waals surface area contributed by atoms with Crippen molar-refractivity contribution in [3.63, 3.8) is 0 Å². The summed E-state index contributed by atoms with van der Waals surface area (Å²) in [7, 11) is 0. The normalized spacial score (nSPS) is 14.7. The molecule has 2 aliphatic carbocycles. The molecule has 2 heterocycles. The molecule has 12 aromatic carbocycles. The Morgan fingerprint density at radius 3 is 1.32 bits per heavy atom. The highest BCUT2D eigenvalue weighted by Gasteiger charge is 2.52. The van der Waals surface area contributed by atoms with Crippen molar-refractivity contribution >= 4 is 76.2 Å². The fraction of sp³-hybridized carbons (Fsp3) is 0.0149. The predicted molar refractivity (Wildman–Crippen MR) is 286 cm³/mol. The van der Waals surface area contributed by atoms with Gasteiger partial charge in [-0.1, -0.05) is 188 Å². The summed E-state index contributed by atoms with van der Waals surface area (Å²) in [6.07, 6.45) is 0. The topological polar surface area (TPSA) is 26.3 Å². The molecule has 69 heavy (non-hydrogen) atoms. The third-order valence-electron chi connectivity index (χ3n) is 15.7. The van der Waals surface area contributed by atoms with Crippen LogP contribution < -0.4 is 0 Å². The molecule has 318 valence electrons. The van der Waals surface area contributed by atoms with Crippen molar-refractivity contribution in [1.82, 2.24) is 0 Å². The van der Waals surface area contributed by atoms with Gasteiger partial charge in [0.15, 0.2) is 0 Å². The van der Waals surface area contributed by atoms with Crippen molar-refractivity contribution in [2.45, 2.75) is 5.41 Å². The van der Waals surface area contributed by atoms with E-state index in [9.17, 15) is 0 Å². The quantitative estimate of drug-likeness (QED) is 0.165. The number of benzene rings is 12. The average molecular weight is 875 g/mol. The lowest BCUT2D eigenvalue weighted by molar-refractivity contribution is 0.668. The van der Waals surface area contributed by atoms with E-state index >= 15 is 0 Å². The van der Waals surface area contributed by atoms with E-state index in [2.05, 4.69) is 218 Å². The van der Waals surface area contributed by atoms with Gasteiger partial charge in [0.25, 0.3) is 0 Å². The number of hydrogen-bond donors (Lipinski definition) is 0. The zero-order valence-electron chi connectivity index (χ0n) is 37.3. The largest absolute Gasteiger partial charge is 0.456 e. The van der Waals surface area contributed by atoms with E-state index in [1.165, 1.54) is 88.0 Å². The maximum absolute atomic E-state index is 6.52. The van der Waals surface area contributed by atoms with Crippen molar-refractivity contribution in [1.29, 1.82) is 0 Å². The summed E-state index contributed by atoms with van der Waals surface area (Å²) < 4.78 is 13.0. The summed E-state index contributed by atoms with van der Waals surface area (Å²) in [5, 5.41) is 11.9. The van der Waals surface area contributed by atoms with Crippen LogP contribution in [-0.2, 0) is 5.41 Å². The Labute approximate surface area is 396 Å². The lowest BCUT2D eigenvalue weighted by Gasteiger charge is -2.30. The molecule has 2 nitrogen and oxygen atoms in total. The maximum atomic E-state index is 6.52. The molecule has 14 aromatic rings. The first-order valence-corrected chi connectivity index (χ1v) is 23.9. The van der Waals surface area contributed by atoms with Crippen LogP contribution in [0, 0.1) is 0 Å². The molecule has 0 amide bonds. The second-order valence-corrected chi connectivity index (χ2v) is 18.9. The van der Waals surface area contributed by atoms with Gasteiger partial charge in [-0.3, -0.25) is 0 Å². The lowest BCUT2D eigenvalue weighted by Crippen LogP contribution is -2.25. The van der Waals surface area contributed by atoms with E-state index in [1.807, 2.05) is 12.1 Å². The van der Waals surface area contributed by atoms with Gasteiger partial charge in [-0.05, 0) is 153 Å². The molecule has 2 aromatic heterocycles. The van der Waals surface area contributed by atoms with Crippen molar-refractivity contribution in [2.75, 3.05) is 0 Å². The van der Waals surface area contributed by atoms with E-state index in [1.54, 1.807) is 0 Å². The van der Waals surface area contributed by atoms with Crippen LogP contribution in [0.25, 0.3) is 132 Å². The second-order valence-electron chi connectivity index (χ2n) is 18.9. The Kier molecular flexibility index (Phi) is 7.30. The molecule has 1 atom stereocenters. The van der Waals surface area contributed by atoms with Crippen molar-refractivity contribution < 1.29 is 8.83 Å². The fourth-order valence-electron chi connectivity index (χ4n) is 12.9. The Morgan fingerprint density at radius 2 is 0.681 bits per heavy atom. The van der Waals surface area contributed by atoms with Crippen molar-refractivity contribution in [2.24, 2.45) is 0 Å². The highest BCUT2D eigenvalue weighted by Crippen LogP contribution is 2.65. The Balaban J connectivity index is 1.02. The number of rotatable bonds is 3. The summed E-state index contributed by atoms with van der Waals surface area (Å²) in [4.78, 5) is 0. The minimum atomic E-state index is -0.501. The lowest BCUT2D eigenvalue weighted by atomic mass is 9.70. The van der Waals surface area contributed by atoms with Gasteiger partial charge in [0.2, 0.25) is 0 Å². The van der Waals surface area contributed by atoms with Crippen molar-refractivity contribution in [3.05, 3.63) is 253 Å². The third-order valence-corrected chi connectivity index (χ3v) is 15.7. The van der Waals surface area contributed by atoms with Gasteiger partial charge >= 0.3 is 0 Å². The van der Waals surface area contributed by atoms with Crippen LogP contribution in [0.2, 0.25) is 0 Å². The van der Waals surface area contributed by atoms with E-state index < -0.39 is 5.41 Å². The van der Waals surface area contributed by atoms with Crippen LogP contribution >= 0.6 is 0 Å². The minimum Gasteiger partial charge on any atom is -0.456 e. The van der Waals surface area contributed by atoms with E-state index in [-0.39, 0.29) is 0 Å². The number of furan rings is 2. The van der Waals surface area contributed by atoms with Gasteiger partial charge in [0.1, 0.15) is 22.3 Å². The molecule has 1 spiro atoms. The molecule has 0 radical (unpaired) electrons. The van der Waals surface area contributed by atoms with E-state index in [4.69, 9.17) is 8.83 Å². The SMILES string of the molecule is c1ccc2c(c1)-c1c(-c3c4cccc(-c5ccc6c(c5)oc5ccccc56)c4cc4c(-c5ccc6c(c5)oc5ccccc56)cccc34)cccc1C21c2ccccc2-c2c1ccc1ccccc21. The molecule has 0 bridgehead atoms. The summed E-state index contributed by atoms with van der Waals surface area (Å²) in [5.41, 5.74) is 20.7. The van der Waals surface area contributed by atoms with Crippen molar-refractivity contribution in [3.8, 4) is 55.6 Å². The van der Waals surface area contributed by atoms with Gasteiger partial charge in [-0.25, -0.2) is 0 Å². The summed E-state index contributed by atoms with van der Waals surface area (Å²) in [6.45, 7) is 0. The van der Waals surface area contributed by atoms with Crippen LogP contribution in [0.5, 0.6) is 0 Å². The fourth-order valence-corrected chi connectivity index (χ4v) is 12.9. The standard InChI is InChI=1S/C67H38O2/c1-2-15-44-39(14-1)32-35-59-65(44)51-18-3-7-25-56(51)67(59)57-26-8-4-19-52(57)66-53(24-13-27-58(66)67)64-49-22-11-20-42(40-30-33-47-45-16-5-9-28-60(45)68-62(47)36-40)54(49)38-55-43(21-12-23-50(55)64)41-31-34-48-46-17-6-10-29-61(46)69-63(48)37-41/h1-38H. The van der Waals surface area contributed by atoms with Gasteiger partial charge in [0, 0.05) is 21.5 Å². The second kappa shape index (κ2) is 13.6. The smallest absolute Gasteiger partial charge is 0.136 e. The van der Waals surface area contributed by atoms with Crippen LogP contribution in [0.3, 0.4) is 0 Å². The molecule has 0 fully saturated rings. The summed E-state index contributed by atoms with van der Waals surface area (Å²) >= 11 is 0. The molecular weight excluding hydrogens is 837 g/mol. The van der Waals surface area contributed by atoms with Crippen LogP contribution in [-0.4, -0.2) is 0 Å². The number of para-hydroxylation sites is 2. The van der Waals surface area contributed by atoms with Gasteiger partial charge in [-0.15, -0.1) is 0 Å². The Bertz CT molecular complexity index is 4390. The molecule has 0 N–H and O–H groups in total. The Morgan fingerprint density at radius 1 is 0.232 bits per heavy atom. The van der Waals surface area contributed by atoms with Crippen LogP contribution in [0.1, 0.15) is 22.3 Å². The number of hydrogen-bond acceptors (Lipinski definition) is 2. The molecule has 0 aliphatic heterocycles. The van der Waals surface area contributed by atoms with Gasteiger partial charge in [0.05, 0.1) is 5.41 Å². The zero-order valence-corrected chi connectivity index (χ0v) is 37.3. The van der Waals surface area contributed by atoms with E-state index in [0.29, 0.717) is 0 Å². The zero-order chi connectivity index (χ0) is 45.0. The number of fused-ring (bicyclic) bond motifs is 20. The average Bonchev–Trinajstić information content (AvgIpc) is 4.15. The monoisotopic (exact) mass is 874 g/mol. The first-order chi connectivity index (χ1) is 34.2. The van der Waals surface area contributed by atoms with Gasteiger partial charge < -0.3 is 8.83 Å². The molecule has 1 unspecified atom stereocenters. The van der Waals surface area contributed by atoms with Crippen LogP contribution in [0.4, 0.5) is 0 Å². The minimum absolute atomic E-state index is 0.501.